The highest BCUT2D eigenvalue weighted by Crippen LogP contribution is 2.34. The van der Waals surface area contributed by atoms with E-state index < -0.39 is 41.7 Å². The minimum Gasteiger partial charge on any atom is -0.280 e. The molecule has 0 aromatic heterocycles. The average Bonchev–Trinajstić information content (AvgIpc) is 2.45. The molecule has 0 radical (unpaired) electrons. The van der Waals surface area contributed by atoms with Gasteiger partial charge in [0.15, 0.2) is 0 Å². The molecule has 0 unspecified atom stereocenters. The zero-order valence-corrected chi connectivity index (χ0v) is 14.5. The van der Waals surface area contributed by atoms with Gasteiger partial charge in [-0.25, -0.2) is 22.0 Å². The Morgan fingerprint density at radius 3 is 2.20 bits per heavy atom. The summed E-state index contributed by atoms with van der Waals surface area (Å²) in [5.41, 5.74) is -1.41. The fourth-order valence-electron chi connectivity index (χ4n) is 1.83. The Morgan fingerprint density at radius 2 is 1.64 bits per heavy atom. The fraction of sp³-hybridized carbons (Fsp3) is 0.0769. The lowest BCUT2D eigenvalue weighted by molar-refractivity contribution is -0.137. The molecule has 3 N–H and O–H groups in total. The second-order valence-electron chi connectivity index (χ2n) is 4.82. The summed E-state index contributed by atoms with van der Waals surface area (Å²) >= 11 is 5.70. The van der Waals surface area contributed by atoms with E-state index in [1.54, 1.807) is 0 Å². The maximum Gasteiger partial charge on any atom is 0.416 e. The number of sulfonamides is 2. The highest BCUT2D eigenvalue weighted by molar-refractivity contribution is 7.92. The van der Waals surface area contributed by atoms with E-state index >= 15 is 0 Å². The number of halogens is 4. The largest absolute Gasteiger partial charge is 0.416 e. The number of nitrogens with two attached hydrogens (primary N) is 1. The third kappa shape index (κ3) is 4.63. The number of nitrogens with one attached hydrogen (secondary N) is 1. The van der Waals surface area contributed by atoms with Crippen LogP contribution in [0.3, 0.4) is 0 Å². The van der Waals surface area contributed by atoms with Crippen LogP contribution in [0.2, 0.25) is 5.02 Å². The quantitative estimate of drug-likeness (QED) is 0.802. The first-order valence-electron chi connectivity index (χ1n) is 6.33. The SMILES string of the molecule is NS(=O)(=O)c1cccc(NS(=O)(=O)c2cc(C(F)(F)F)ccc2Cl)c1. The van der Waals surface area contributed by atoms with Crippen molar-refractivity contribution in [3.05, 3.63) is 53.1 Å². The van der Waals surface area contributed by atoms with E-state index in [1.807, 2.05) is 4.72 Å². The van der Waals surface area contributed by atoms with Gasteiger partial charge in [0.05, 0.1) is 21.2 Å². The van der Waals surface area contributed by atoms with Crippen LogP contribution >= 0.6 is 11.6 Å². The summed E-state index contributed by atoms with van der Waals surface area (Å²) in [5.74, 6) is 0. The smallest absolute Gasteiger partial charge is 0.280 e. The molecule has 12 heteroatoms. The first-order chi connectivity index (χ1) is 11.3. The lowest BCUT2D eigenvalue weighted by atomic mass is 10.2. The molecule has 0 fully saturated rings. The summed E-state index contributed by atoms with van der Waals surface area (Å²) in [4.78, 5) is -1.17. The molecular weight excluding hydrogens is 405 g/mol. The van der Waals surface area contributed by atoms with Crippen molar-refractivity contribution in [3.63, 3.8) is 0 Å². The Morgan fingerprint density at radius 1 is 1.00 bits per heavy atom. The summed E-state index contributed by atoms with van der Waals surface area (Å²) in [5, 5.41) is 4.51. The second kappa shape index (κ2) is 6.48. The van der Waals surface area contributed by atoms with Gasteiger partial charge >= 0.3 is 6.18 Å². The highest BCUT2D eigenvalue weighted by atomic mass is 35.5. The average molecular weight is 415 g/mol. The van der Waals surface area contributed by atoms with E-state index in [9.17, 15) is 30.0 Å². The van der Waals surface area contributed by atoms with E-state index in [0.29, 0.717) is 12.1 Å². The van der Waals surface area contributed by atoms with E-state index in [1.165, 1.54) is 12.1 Å². The lowest BCUT2D eigenvalue weighted by Gasteiger charge is -2.13. The number of hydrogen-bond acceptors (Lipinski definition) is 4. The van der Waals surface area contributed by atoms with Gasteiger partial charge in [0.25, 0.3) is 10.0 Å². The first kappa shape index (κ1) is 19.5. The molecule has 2 aromatic carbocycles. The van der Waals surface area contributed by atoms with Gasteiger partial charge in [-0.1, -0.05) is 17.7 Å². The van der Waals surface area contributed by atoms with Crippen molar-refractivity contribution in [2.24, 2.45) is 5.14 Å². The van der Waals surface area contributed by atoms with Gasteiger partial charge < -0.3 is 0 Å². The van der Waals surface area contributed by atoms with Crippen molar-refractivity contribution in [2.45, 2.75) is 16.0 Å². The molecular formula is C13H10ClF3N2O4S2. The number of benzene rings is 2. The van der Waals surface area contributed by atoms with Crippen LogP contribution < -0.4 is 9.86 Å². The van der Waals surface area contributed by atoms with Crippen molar-refractivity contribution in [1.82, 2.24) is 0 Å². The predicted molar refractivity (Wildman–Crippen MR) is 85.1 cm³/mol. The summed E-state index contributed by atoms with van der Waals surface area (Å²) in [6.07, 6.45) is -4.76. The molecule has 0 aliphatic rings. The Kier molecular flexibility index (Phi) is 5.06. The van der Waals surface area contributed by atoms with E-state index in [4.69, 9.17) is 16.7 Å². The molecule has 2 rings (SSSR count). The first-order valence-corrected chi connectivity index (χ1v) is 9.74. The zero-order chi connectivity index (χ0) is 19.0. The van der Waals surface area contributed by atoms with Gasteiger partial charge in [-0.15, -0.1) is 0 Å². The molecule has 0 heterocycles. The van der Waals surface area contributed by atoms with Gasteiger partial charge in [0.1, 0.15) is 4.90 Å². The highest BCUT2D eigenvalue weighted by Gasteiger charge is 2.32. The topological polar surface area (TPSA) is 106 Å². The van der Waals surface area contributed by atoms with Crippen molar-refractivity contribution in [2.75, 3.05) is 4.72 Å². The third-order valence-electron chi connectivity index (χ3n) is 2.96. The number of anilines is 1. The monoisotopic (exact) mass is 414 g/mol. The molecule has 0 aliphatic heterocycles. The Balaban J connectivity index is 2.47. The normalized spacial score (nSPS) is 12.8. The van der Waals surface area contributed by atoms with Gasteiger partial charge in [-0.2, -0.15) is 13.2 Å². The van der Waals surface area contributed by atoms with Gasteiger partial charge in [-0.05, 0) is 36.4 Å². The zero-order valence-electron chi connectivity index (χ0n) is 12.1. The van der Waals surface area contributed by atoms with Crippen molar-refractivity contribution in [1.29, 1.82) is 0 Å². The molecule has 0 saturated heterocycles. The molecule has 136 valence electrons. The fourth-order valence-corrected chi connectivity index (χ4v) is 3.97. The maximum absolute atomic E-state index is 12.8. The van der Waals surface area contributed by atoms with Crippen LogP contribution in [0.5, 0.6) is 0 Å². The standard InChI is InChI=1S/C13H10ClF3N2O4S2/c14-11-5-4-8(13(15,16)17)6-12(11)25(22,23)19-9-2-1-3-10(7-9)24(18,20)21/h1-7,19H,(H2,18,20,21). The number of primary sulfonamides is 1. The third-order valence-corrected chi connectivity index (χ3v) is 5.74. The van der Waals surface area contributed by atoms with Gasteiger partial charge in [0.2, 0.25) is 10.0 Å². The maximum atomic E-state index is 12.8. The molecule has 0 bridgehead atoms. The molecule has 0 spiro atoms. The van der Waals surface area contributed by atoms with Crippen LogP contribution in [0, 0.1) is 0 Å². The number of alkyl halides is 3. The van der Waals surface area contributed by atoms with Gasteiger partial charge in [-0.3, -0.25) is 4.72 Å². The number of hydrogen-bond donors (Lipinski definition) is 2. The molecule has 6 nitrogen and oxygen atoms in total. The molecule has 2 aromatic rings. The molecule has 0 amide bonds. The van der Waals surface area contributed by atoms with Crippen molar-refractivity contribution < 1.29 is 30.0 Å². The second-order valence-corrected chi connectivity index (χ2v) is 8.44. The summed E-state index contributed by atoms with van der Waals surface area (Å²) < 4.78 is 87.5. The molecule has 25 heavy (non-hydrogen) atoms. The minimum absolute atomic E-state index is 0.208. The minimum atomic E-state index is -4.76. The summed E-state index contributed by atoms with van der Waals surface area (Å²) in [7, 11) is -8.60. The Hall–Kier alpha value is -1.82. The molecule has 0 saturated carbocycles. The van der Waals surface area contributed by atoms with Crippen LogP contribution in [0.1, 0.15) is 5.56 Å². The Labute approximate surface area is 146 Å². The predicted octanol–water partition coefficient (Wildman–Crippen LogP) is 2.81. The van der Waals surface area contributed by atoms with Crippen LogP contribution in [0.15, 0.2) is 52.3 Å². The molecule has 0 aliphatic carbocycles. The Bertz CT molecular complexity index is 1020. The summed E-state index contributed by atoms with van der Waals surface area (Å²) in [6.45, 7) is 0. The van der Waals surface area contributed by atoms with Crippen LogP contribution in [0.4, 0.5) is 18.9 Å². The van der Waals surface area contributed by atoms with Crippen LogP contribution in [-0.4, -0.2) is 16.8 Å². The number of rotatable bonds is 4. The van der Waals surface area contributed by atoms with Crippen molar-refractivity contribution >= 4 is 37.3 Å². The van der Waals surface area contributed by atoms with Crippen LogP contribution in [0.25, 0.3) is 0 Å². The van der Waals surface area contributed by atoms with E-state index in [0.717, 1.165) is 18.2 Å². The van der Waals surface area contributed by atoms with E-state index in [-0.39, 0.29) is 10.6 Å². The van der Waals surface area contributed by atoms with Crippen LogP contribution in [-0.2, 0) is 26.2 Å². The summed E-state index contributed by atoms with van der Waals surface area (Å²) in [6, 6.07) is 6.30. The van der Waals surface area contributed by atoms with Crippen molar-refractivity contribution in [3.8, 4) is 0 Å². The van der Waals surface area contributed by atoms with E-state index in [2.05, 4.69) is 0 Å². The lowest BCUT2D eigenvalue weighted by Crippen LogP contribution is -2.16. The van der Waals surface area contributed by atoms with Gasteiger partial charge in [0, 0.05) is 0 Å². The molecule has 0 atom stereocenters.